The Morgan fingerprint density at radius 2 is 1.47 bits per heavy atom. The van der Waals surface area contributed by atoms with Gasteiger partial charge in [0.1, 0.15) is 0 Å². The molecule has 2 N–H and O–H groups in total. The van der Waals surface area contributed by atoms with Gasteiger partial charge < -0.3 is 20.1 Å². The summed E-state index contributed by atoms with van der Waals surface area (Å²) < 4.78 is 12.5. The van der Waals surface area contributed by atoms with Crippen molar-refractivity contribution in [1.82, 2.24) is 5.32 Å². The molecule has 3 rings (SSSR count). The fraction of sp³-hybridized carbons (Fsp3) is 0.480. The molecular formula is C25H35N2NaO3P. The first-order chi connectivity index (χ1) is 14.6. The molecule has 1 unspecified atom stereocenters. The van der Waals surface area contributed by atoms with Crippen molar-refractivity contribution in [3.63, 3.8) is 0 Å². The van der Waals surface area contributed by atoms with Crippen LogP contribution < -0.4 is 15.9 Å². The van der Waals surface area contributed by atoms with Gasteiger partial charge in [0.25, 0.3) is 0 Å². The molecule has 169 valence electrons. The predicted octanol–water partition coefficient (Wildman–Crippen LogP) is 4.85. The zero-order valence-corrected chi connectivity index (χ0v) is 23.5. The molecule has 7 heteroatoms. The van der Waals surface area contributed by atoms with Crippen LogP contribution >= 0.6 is 9.24 Å². The van der Waals surface area contributed by atoms with Gasteiger partial charge in [0.05, 0.1) is 18.8 Å². The number of anilines is 1. The summed E-state index contributed by atoms with van der Waals surface area (Å²) in [6, 6.07) is 13.9. The zero-order chi connectivity index (χ0) is 22.8. The summed E-state index contributed by atoms with van der Waals surface area (Å²) in [4.78, 5) is 13.0. The minimum absolute atomic E-state index is 0. The van der Waals surface area contributed by atoms with Gasteiger partial charge in [-0.3, -0.25) is 0 Å². The number of carbonyl (C=O) groups is 1. The molecule has 2 aromatic carbocycles. The molecule has 5 nitrogen and oxygen atoms in total. The van der Waals surface area contributed by atoms with Gasteiger partial charge in [0.15, 0.2) is 0 Å². The zero-order valence-electron chi connectivity index (χ0n) is 20.4. The van der Waals surface area contributed by atoms with Gasteiger partial charge in [-0.25, -0.2) is 4.79 Å². The summed E-state index contributed by atoms with van der Waals surface area (Å²) >= 11 is 0. The van der Waals surface area contributed by atoms with E-state index in [0.717, 1.165) is 27.7 Å². The Labute approximate surface area is 216 Å². The van der Waals surface area contributed by atoms with Crippen LogP contribution in [-0.4, -0.2) is 54.3 Å². The molecule has 1 saturated heterocycles. The van der Waals surface area contributed by atoms with Crippen molar-refractivity contribution in [3.05, 3.63) is 59.2 Å². The van der Waals surface area contributed by atoms with E-state index in [-0.39, 0.29) is 54.3 Å². The Morgan fingerprint density at radius 3 is 1.94 bits per heavy atom. The molecule has 2 amide bonds. The van der Waals surface area contributed by atoms with Crippen LogP contribution in [0.15, 0.2) is 42.5 Å². The number of hydrogen-bond acceptors (Lipinski definition) is 3. The second kappa shape index (κ2) is 11.5. The average Bonchev–Trinajstić information content (AvgIpc) is 3.01. The molecule has 32 heavy (non-hydrogen) atoms. The number of hydrogen-bond donors (Lipinski definition) is 2. The molecule has 0 spiro atoms. The molecule has 0 bridgehead atoms. The number of ether oxygens (including phenoxy) is 2. The van der Waals surface area contributed by atoms with Crippen molar-refractivity contribution in [2.75, 3.05) is 11.9 Å². The smallest absolute Gasteiger partial charge is 0.319 e. The Balaban J connectivity index is 0.00000363. The second-order valence-electron chi connectivity index (χ2n) is 8.95. The quantitative estimate of drug-likeness (QED) is 0.474. The van der Waals surface area contributed by atoms with E-state index in [9.17, 15) is 4.79 Å². The number of carbonyl (C=O) groups excluding carboxylic acids is 1. The number of nitrogens with one attached hydrogen (secondary N) is 2. The molecule has 1 aliphatic heterocycles. The van der Waals surface area contributed by atoms with E-state index < -0.39 is 5.79 Å². The first-order valence-electron chi connectivity index (χ1n) is 11.0. The Kier molecular flexibility index (Phi) is 9.78. The van der Waals surface area contributed by atoms with Crippen LogP contribution in [0.4, 0.5) is 10.5 Å². The fourth-order valence-electron chi connectivity index (χ4n) is 3.93. The number of urea groups is 1. The van der Waals surface area contributed by atoms with Crippen molar-refractivity contribution in [3.8, 4) is 0 Å². The molecule has 0 aromatic heterocycles. The molecule has 1 fully saturated rings. The van der Waals surface area contributed by atoms with E-state index >= 15 is 0 Å². The molecule has 2 aromatic rings. The summed E-state index contributed by atoms with van der Waals surface area (Å²) in [6.45, 7) is 12.7. The summed E-state index contributed by atoms with van der Waals surface area (Å²) in [6.07, 6.45) is -0.149. The van der Waals surface area contributed by atoms with Crippen LogP contribution in [0.2, 0.25) is 0 Å². The largest absolute Gasteiger partial charge is 0.339 e. The molecule has 1 radical (unpaired) electrons. The second-order valence-corrected chi connectivity index (χ2v) is 9.62. The summed E-state index contributed by atoms with van der Waals surface area (Å²) in [5, 5.41) is 7.18. The van der Waals surface area contributed by atoms with Gasteiger partial charge in [-0.2, -0.15) is 0 Å². The van der Waals surface area contributed by atoms with Crippen LogP contribution in [0.5, 0.6) is 0 Å². The van der Waals surface area contributed by atoms with Crippen molar-refractivity contribution < 1.29 is 14.3 Å². The van der Waals surface area contributed by atoms with Gasteiger partial charge in [0.2, 0.25) is 5.79 Å². The monoisotopic (exact) mass is 465 g/mol. The Morgan fingerprint density at radius 1 is 0.969 bits per heavy atom. The number of rotatable bonds is 6. The van der Waals surface area contributed by atoms with Gasteiger partial charge in [0, 0.05) is 40.8 Å². The molecule has 0 aliphatic carbocycles. The van der Waals surface area contributed by atoms with Gasteiger partial charge in [-0.1, -0.05) is 70.2 Å². The molecule has 3 atom stereocenters. The summed E-state index contributed by atoms with van der Waals surface area (Å²) in [7, 11) is 2.68. The maximum Gasteiger partial charge on any atom is 0.319 e. The fourth-order valence-corrected chi connectivity index (χ4v) is 4.12. The van der Waals surface area contributed by atoms with Crippen LogP contribution in [-0.2, 0) is 15.3 Å². The van der Waals surface area contributed by atoms with Crippen LogP contribution in [0, 0.1) is 0 Å². The van der Waals surface area contributed by atoms with Crippen molar-refractivity contribution in [2.24, 2.45) is 0 Å². The third-order valence-electron chi connectivity index (χ3n) is 5.86. The third kappa shape index (κ3) is 6.14. The third-order valence-corrected chi connectivity index (χ3v) is 6.24. The minimum Gasteiger partial charge on any atom is -0.339 e. The topological polar surface area (TPSA) is 59.6 Å². The number of para-hydroxylation sites is 1. The van der Waals surface area contributed by atoms with E-state index in [0.29, 0.717) is 11.8 Å². The van der Waals surface area contributed by atoms with Crippen LogP contribution in [0.25, 0.3) is 0 Å². The maximum atomic E-state index is 13.0. The van der Waals surface area contributed by atoms with E-state index in [4.69, 9.17) is 9.47 Å². The molecule has 0 saturated carbocycles. The van der Waals surface area contributed by atoms with Crippen molar-refractivity contribution in [2.45, 2.75) is 71.4 Å². The Hall–Kier alpha value is -0.940. The number of amides is 2. The Bertz CT molecular complexity index is 882. The predicted molar refractivity (Wildman–Crippen MR) is 136 cm³/mol. The number of benzene rings is 2. The van der Waals surface area contributed by atoms with E-state index in [2.05, 4.69) is 65.8 Å². The van der Waals surface area contributed by atoms with Gasteiger partial charge in [-0.15, -0.1) is 9.24 Å². The van der Waals surface area contributed by atoms with Crippen LogP contribution in [0.3, 0.4) is 0 Å². The SMILES string of the molecule is CC(C)c1cccc(C(C)C)c1NC(=O)NCC1(c2ccc(P)cc2)O[C@H](C)[C@@H](C)O1.[Na]. The first-order valence-corrected chi connectivity index (χ1v) is 11.6. The molecule has 1 heterocycles. The van der Waals surface area contributed by atoms with Crippen molar-refractivity contribution >= 4 is 55.8 Å². The standard InChI is InChI=1S/C25H35N2O3P.Na/c1-15(2)21-8-7-9-22(16(3)4)23(21)27-24(28)26-14-25(29-17(5)18(6)30-25)19-10-12-20(31)13-11-19;/h7-13,15-18H,14,31H2,1-6H3,(H2,26,27,28);/t17-,18-;/m1./s1. The average molecular weight is 466 g/mol. The van der Waals surface area contributed by atoms with Gasteiger partial charge in [-0.05, 0) is 42.1 Å². The van der Waals surface area contributed by atoms with Gasteiger partial charge >= 0.3 is 6.03 Å². The maximum absolute atomic E-state index is 13.0. The summed E-state index contributed by atoms with van der Waals surface area (Å²) in [5.74, 6) is -0.407. The summed E-state index contributed by atoms with van der Waals surface area (Å²) in [5.41, 5.74) is 4.03. The molecular weight excluding hydrogens is 430 g/mol. The molecule has 1 aliphatic rings. The van der Waals surface area contributed by atoms with E-state index in [1.165, 1.54) is 0 Å². The normalized spacial score (nSPS) is 19.7. The van der Waals surface area contributed by atoms with E-state index in [1.54, 1.807) is 0 Å². The van der Waals surface area contributed by atoms with E-state index in [1.807, 2.05) is 38.1 Å². The first kappa shape index (κ1) is 27.3. The van der Waals surface area contributed by atoms with Crippen LogP contribution in [0.1, 0.15) is 70.1 Å². The van der Waals surface area contributed by atoms with Crippen molar-refractivity contribution in [1.29, 1.82) is 0 Å². The minimum atomic E-state index is -1.01.